The van der Waals surface area contributed by atoms with Gasteiger partial charge in [-0.1, -0.05) is 23.7 Å². The molecular formula is C19H14ClN3O3. The normalized spacial score (nSPS) is 11.2. The number of hydrogen-bond acceptors (Lipinski definition) is 4. The number of halogens is 1. The smallest absolute Gasteiger partial charge is 0.240 e. The number of carbonyl (C=O) groups is 1. The van der Waals surface area contributed by atoms with Crippen LogP contribution in [0.15, 0.2) is 48.8 Å². The molecule has 0 spiro atoms. The Hall–Kier alpha value is -3.25. The third-order valence-corrected chi connectivity index (χ3v) is 4.47. The number of aromatic nitrogens is 3. The second kappa shape index (κ2) is 5.93. The molecule has 0 radical (unpaired) electrons. The van der Waals surface area contributed by atoms with Crippen LogP contribution in [0.2, 0.25) is 5.02 Å². The topological polar surface area (TPSA) is 91.1 Å². The summed E-state index contributed by atoms with van der Waals surface area (Å²) in [5.74, 6) is -1.24. The fourth-order valence-electron chi connectivity index (χ4n) is 3.10. The number of fused-ring (bicyclic) bond motifs is 1. The van der Waals surface area contributed by atoms with E-state index in [1.807, 2.05) is 0 Å². The molecule has 0 saturated heterocycles. The zero-order valence-electron chi connectivity index (χ0n) is 13.7. The number of aromatic hydroxyl groups is 2. The molecule has 2 aromatic carbocycles. The maximum Gasteiger partial charge on any atom is 0.240 e. The Kier molecular flexibility index (Phi) is 3.70. The van der Waals surface area contributed by atoms with Crippen LogP contribution in [0.1, 0.15) is 17.3 Å². The Morgan fingerprint density at radius 1 is 1.19 bits per heavy atom. The van der Waals surface area contributed by atoms with Gasteiger partial charge >= 0.3 is 0 Å². The molecular weight excluding hydrogens is 354 g/mol. The molecule has 130 valence electrons. The highest BCUT2D eigenvalue weighted by atomic mass is 35.5. The molecule has 6 nitrogen and oxygen atoms in total. The highest BCUT2D eigenvalue weighted by Gasteiger charge is 2.27. The number of Topliss-reactive ketones (excluding diaryl/α,β-unsaturated/α-hetero) is 1. The number of rotatable bonds is 3. The number of imidazole rings is 1. The lowest BCUT2D eigenvalue weighted by Crippen LogP contribution is -2.00. The first-order valence-electron chi connectivity index (χ1n) is 7.84. The molecule has 0 saturated carbocycles. The van der Waals surface area contributed by atoms with Crippen LogP contribution in [0.25, 0.3) is 28.0 Å². The molecule has 2 aromatic heterocycles. The van der Waals surface area contributed by atoms with Crippen LogP contribution in [-0.4, -0.2) is 30.5 Å². The van der Waals surface area contributed by atoms with Gasteiger partial charge in [-0.15, -0.1) is 0 Å². The van der Waals surface area contributed by atoms with Crippen molar-refractivity contribution in [3.8, 4) is 28.6 Å². The van der Waals surface area contributed by atoms with E-state index in [1.165, 1.54) is 11.5 Å². The molecule has 2 heterocycles. The number of nitrogens with zero attached hydrogens (tertiary/aromatic N) is 2. The molecule has 0 fully saturated rings. The van der Waals surface area contributed by atoms with Crippen LogP contribution in [0, 0.1) is 0 Å². The largest absolute Gasteiger partial charge is 0.503 e. The lowest BCUT2D eigenvalue weighted by atomic mass is 10.0. The summed E-state index contributed by atoms with van der Waals surface area (Å²) >= 11 is 6.10. The van der Waals surface area contributed by atoms with Gasteiger partial charge in [0.15, 0.2) is 11.5 Å². The standard InChI is InChI=1S/C19H14ClN3O3/c1-10(24)16-17(11-3-2-4-12(20)7-11)23(19(26)18(16)25)13-5-6-14-15(8-13)22-9-21-14/h2-9,25-26H,1H3,(H,21,22). The molecule has 0 bridgehead atoms. The molecule has 0 aliphatic carbocycles. The van der Waals surface area contributed by atoms with Crippen LogP contribution < -0.4 is 0 Å². The van der Waals surface area contributed by atoms with Crippen LogP contribution in [0.3, 0.4) is 0 Å². The van der Waals surface area contributed by atoms with Crippen molar-refractivity contribution >= 4 is 28.4 Å². The van der Waals surface area contributed by atoms with Crippen molar-refractivity contribution in [1.29, 1.82) is 0 Å². The third-order valence-electron chi connectivity index (χ3n) is 4.23. The lowest BCUT2D eigenvalue weighted by molar-refractivity contribution is 0.101. The van der Waals surface area contributed by atoms with Gasteiger partial charge in [-0.25, -0.2) is 4.98 Å². The van der Waals surface area contributed by atoms with E-state index in [0.29, 0.717) is 22.0 Å². The highest BCUT2D eigenvalue weighted by Crippen LogP contribution is 2.43. The number of carbonyl (C=O) groups excluding carboxylic acids is 1. The monoisotopic (exact) mass is 367 g/mol. The molecule has 4 rings (SSSR count). The molecule has 0 unspecified atom stereocenters. The van der Waals surface area contributed by atoms with Crippen molar-refractivity contribution in [3.05, 3.63) is 59.4 Å². The molecule has 4 aromatic rings. The Morgan fingerprint density at radius 2 is 2.00 bits per heavy atom. The Labute approximate surface area is 153 Å². The number of H-pyrrole nitrogens is 1. The van der Waals surface area contributed by atoms with Gasteiger partial charge in [0.25, 0.3) is 0 Å². The lowest BCUT2D eigenvalue weighted by Gasteiger charge is -2.12. The fourth-order valence-corrected chi connectivity index (χ4v) is 3.29. The average molecular weight is 368 g/mol. The van der Waals surface area contributed by atoms with Crippen molar-refractivity contribution in [1.82, 2.24) is 14.5 Å². The summed E-state index contributed by atoms with van der Waals surface area (Å²) in [5.41, 5.74) is 3.10. The third kappa shape index (κ3) is 2.43. The number of ketones is 1. The van der Waals surface area contributed by atoms with E-state index in [9.17, 15) is 15.0 Å². The summed E-state index contributed by atoms with van der Waals surface area (Å²) in [4.78, 5) is 19.4. The highest BCUT2D eigenvalue weighted by molar-refractivity contribution is 6.30. The summed E-state index contributed by atoms with van der Waals surface area (Å²) in [5, 5.41) is 21.4. The van der Waals surface area contributed by atoms with Crippen molar-refractivity contribution in [3.63, 3.8) is 0 Å². The molecule has 0 atom stereocenters. The van der Waals surface area contributed by atoms with E-state index < -0.39 is 11.6 Å². The van der Waals surface area contributed by atoms with E-state index in [1.54, 1.807) is 48.8 Å². The van der Waals surface area contributed by atoms with E-state index in [-0.39, 0.29) is 11.3 Å². The Bertz CT molecular complexity index is 1160. The number of benzene rings is 2. The second-order valence-electron chi connectivity index (χ2n) is 5.90. The first-order valence-corrected chi connectivity index (χ1v) is 8.22. The predicted octanol–water partition coefficient (Wildman–Crippen LogP) is 4.29. The molecule has 0 amide bonds. The van der Waals surface area contributed by atoms with Crippen molar-refractivity contribution in [2.24, 2.45) is 0 Å². The second-order valence-corrected chi connectivity index (χ2v) is 6.34. The average Bonchev–Trinajstić information content (AvgIpc) is 3.17. The van der Waals surface area contributed by atoms with Gasteiger partial charge < -0.3 is 15.2 Å². The number of aromatic amines is 1. The first kappa shape index (κ1) is 16.2. The fraction of sp³-hybridized carbons (Fsp3) is 0.0526. The minimum atomic E-state index is -0.461. The van der Waals surface area contributed by atoms with Crippen LogP contribution >= 0.6 is 11.6 Å². The zero-order valence-corrected chi connectivity index (χ0v) is 14.4. The summed E-state index contributed by atoms with van der Waals surface area (Å²) in [6, 6.07) is 12.2. The van der Waals surface area contributed by atoms with Crippen molar-refractivity contribution < 1.29 is 15.0 Å². The summed E-state index contributed by atoms with van der Waals surface area (Å²) in [6.07, 6.45) is 1.57. The quantitative estimate of drug-likeness (QED) is 0.471. The van der Waals surface area contributed by atoms with Gasteiger partial charge in [-0.05, 0) is 37.3 Å². The van der Waals surface area contributed by atoms with E-state index in [2.05, 4.69) is 9.97 Å². The first-order chi connectivity index (χ1) is 12.5. The molecule has 3 N–H and O–H groups in total. The summed E-state index contributed by atoms with van der Waals surface area (Å²) < 4.78 is 1.43. The van der Waals surface area contributed by atoms with Crippen LogP contribution in [0.5, 0.6) is 11.6 Å². The van der Waals surface area contributed by atoms with E-state index in [0.717, 1.165) is 11.0 Å². The maximum atomic E-state index is 12.2. The van der Waals surface area contributed by atoms with E-state index in [4.69, 9.17) is 11.6 Å². The van der Waals surface area contributed by atoms with Gasteiger partial charge in [0.05, 0.1) is 34.3 Å². The Morgan fingerprint density at radius 3 is 2.73 bits per heavy atom. The maximum absolute atomic E-state index is 12.2. The van der Waals surface area contributed by atoms with Crippen LogP contribution in [0.4, 0.5) is 0 Å². The molecule has 7 heteroatoms. The van der Waals surface area contributed by atoms with Crippen molar-refractivity contribution in [2.45, 2.75) is 6.92 Å². The van der Waals surface area contributed by atoms with Gasteiger partial charge in [0.2, 0.25) is 5.88 Å². The minimum Gasteiger partial charge on any atom is -0.503 e. The molecule has 0 aliphatic rings. The Balaban J connectivity index is 2.08. The number of hydrogen-bond donors (Lipinski definition) is 3. The summed E-state index contributed by atoms with van der Waals surface area (Å²) in [7, 11) is 0. The van der Waals surface area contributed by atoms with Crippen LogP contribution in [-0.2, 0) is 0 Å². The van der Waals surface area contributed by atoms with E-state index >= 15 is 0 Å². The summed E-state index contributed by atoms with van der Waals surface area (Å²) in [6.45, 7) is 1.34. The van der Waals surface area contributed by atoms with Crippen molar-refractivity contribution in [2.75, 3.05) is 0 Å². The van der Waals surface area contributed by atoms with Gasteiger partial charge in [0.1, 0.15) is 0 Å². The minimum absolute atomic E-state index is 0.0366. The predicted molar refractivity (Wildman–Crippen MR) is 99.2 cm³/mol. The number of nitrogens with one attached hydrogen (secondary N) is 1. The SMILES string of the molecule is CC(=O)c1c(O)c(O)n(-c2ccc3nc[nH]c3c2)c1-c1cccc(Cl)c1. The molecule has 0 aliphatic heterocycles. The zero-order chi connectivity index (χ0) is 18.4. The van der Waals surface area contributed by atoms with Gasteiger partial charge in [-0.3, -0.25) is 9.36 Å². The molecule has 26 heavy (non-hydrogen) atoms. The van der Waals surface area contributed by atoms with Gasteiger partial charge in [-0.2, -0.15) is 0 Å². The van der Waals surface area contributed by atoms with Gasteiger partial charge in [0, 0.05) is 10.6 Å².